The molecule has 2 aromatic carbocycles. The zero-order valence-corrected chi connectivity index (χ0v) is 18.2. The van der Waals surface area contributed by atoms with Gasteiger partial charge in [-0.05, 0) is 31.4 Å². The molecule has 0 heterocycles. The summed E-state index contributed by atoms with van der Waals surface area (Å²) in [5.74, 6) is -1.69. The topological polar surface area (TPSA) is 111 Å². The first-order valence-electron chi connectivity index (χ1n) is 10.4. The van der Waals surface area contributed by atoms with Crippen molar-refractivity contribution in [2.75, 3.05) is 6.61 Å². The van der Waals surface area contributed by atoms with Crippen LogP contribution >= 0.6 is 0 Å². The number of ether oxygens (including phenoxy) is 2. The summed E-state index contributed by atoms with van der Waals surface area (Å²) >= 11 is 0. The van der Waals surface area contributed by atoms with E-state index in [1.54, 1.807) is 6.92 Å². The average molecular weight is 440 g/mol. The number of ketones is 1. The van der Waals surface area contributed by atoms with E-state index in [-0.39, 0.29) is 19.6 Å². The van der Waals surface area contributed by atoms with Crippen molar-refractivity contribution >= 4 is 23.8 Å². The van der Waals surface area contributed by atoms with Gasteiger partial charge >= 0.3 is 12.1 Å². The molecule has 2 atom stereocenters. The summed E-state index contributed by atoms with van der Waals surface area (Å²) in [5.41, 5.74) is 1.63. The van der Waals surface area contributed by atoms with Crippen LogP contribution in [0.1, 0.15) is 31.4 Å². The van der Waals surface area contributed by atoms with Crippen LogP contribution in [0.15, 0.2) is 60.7 Å². The van der Waals surface area contributed by atoms with Gasteiger partial charge in [0.2, 0.25) is 5.91 Å². The van der Waals surface area contributed by atoms with E-state index in [0.29, 0.717) is 0 Å². The predicted octanol–water partition coefficient (Wildman–Crippen LogP) is 2.55. The van der Waals surface area contributed by atoms with E-state index in [1.807, 2.05) is 60.7 Å². The van der Waals surface area contributed by atoms with Crippen LogP contribution in [0.2, 0.25) is 0 Å². The van der Waals surface area contributed by atoms with Gasteiger partial charge < -0.3 is 20.1 Å². The molecule has 0 bridgehead atoms. The molecule has 2 amide bonds. The smallest absolute Gasteiger partial charge is 0.408 e. The average Bonchev–Trinajstić information content (AvgIpc) is 2.78. The Kier molecular flexibility index (Phi) is 9.90. The Hall–Kier alpha value is -3.68. The van der Waals surface area contributed by atoms with Crippen LogP contribution in [0, 0.1) is 0 Å². The largest absolute Gasteiger partial charge is 0.466 e. The van der Waals surface area contributed by atoms with Gasteiger partial charge in [-0.15, -0.1) is 0 Å². The molecular weight excluding hydrogens is 412 g/mol. The van der Waals surface area contributed by atoms with Gasteiger partial charge in [0.25, 0.3) is 0 Å². The van der Waals surface area contributed by atoms with E-state index in [1.165, 1.54) is 6.92 Å². The van der Waals surface area contributed by atoms with Crippen LogP contribution in [0.3, 0.4) is 0 Å². The minimum absolute atomic E-state index is 0.0651. The number of alkyl carbamates (subject to hydrolysis) is 1. The third-order valence-corrected chi connectivity index (χ3v) is 4.55. The molecule has 0 fully saturated rings. The Bertz CT molecular complexity index is 901. The van der Waals surface area contributed by atoms with Gasteiger partial charge in [0.1, 0.15) is 19.1 Å². The Balaban J connectivity index is 1.95. The first-order chi connectivity index (χ1) is 15.4. The lowest BCUT2D eigenvalue weighted by atomic mass is 10.00. The zero-order valence-electron chi connectivity index (χ0n) is 18.2. The number of nitrogens with one attached hydrogen (secondary N) is 2. The molecule has 2 rings (SSSR count). The van der Waals surface area contributed by atoms with Crippen LogP contribution in [0.25, 0.3) is 0 Å². The molecule has 8 heteroatoms. The van der Waals surface area contributed by atoms with Crippen molar-refractivity contribution in [2.24, 2.45) is 0 Å². The molecule has 2 N–H and O–H groups in total. The molecule has 170 valence electrons. The molecule has 0 aliphatic rings. The van der Waals surface area contributed by atoms with Crippen LogP contribution in [-0.2, 0) is 36.9 Å². The molecule has 0 aliphatic heterocycles. The van der Waals surface area contributed by atoms with Gasteiger partial charge in [0, 0.05) is 0 Å². The second-order valence-corrected chi connectivity index (χ2v) is 7.13. The third kappa shape index (κ3) is 8.59. The monoisotopic (exact) mass is 440 g/mol. The zero-order chi connectivity index (χ0) is 23.3. The fourth-order valence-corrected chi connectivity index (χ4v) is 2.88. The third-order valence-electron chi connectivity index (χ3n) is 4.55. The minimum atomic E-state index is -0.952. The maximum absolute atomic E-state index is 12.6. The Morgan fingerprint density at radius 2 is 1.44 bits per heavy atom. The number of benzene rings is 2. The van der Waals surface area contributed by atoms with E-state index in [4.69, 9.17) is 9.47 Å². The summed E-state index contributed by atoms with van der Waals surface area (Å²) in [5, 5.41) is 5.07. The first kappa shape index (κ1) is 24.6. The molecule has 1 unspecified atom stereocenters. The minimum Gasteiger partial charge on any atom is -0.466 e. The summed E-state index contributed by atoms with van der Waals surface area (Å²) in [6.45, 7) is 3.36. The van der Waals surface area contributed by atoms with Gasteiger partial charge in [-0.25, -0.2) is 4.79 Å². The van der Waals surface area contributed by atoms with Gasteiger partial charge in [-0.2, -0.15) is 0 Å². The number of hydrogen-bond donors (Lipinski definition) is 2. The second-order valence-electron chi connectivity index (χ2n) is 7.13. The number of carbonyl (C=O) groups excluding carboxylic acids is 4. The van der Waals surface area contributed by atoms with E-state index < -0.39 is 42.3 Å². The summed E-state index contributed by atoms with van der Waals surface area (Å²) < 4.78 is 9.95. The highest BCUT2D eigenvalue weighted by Gasteiger charge is 2.26. The summed E-state index contributed by atoms with van der Waals surface area (Å²) in [6, 6.07) is 16.3. The molecule has 2 aromatic rings. The highest BCUT2D eigenvalue weighted by atomic mass is 16.5. The molecule has 0 aliphatic carbocycles. The van der Waals surface area contributed by atoms with Crippen molar-refractivity contribution in [3.05, 3.63) is 71.8 Å². The number of amides is 2. The van der Waals surface area contributed by atoms with Gasteiger partial charge in [-0.1, -0.05) is 60.7 Å². The first-order valence-corrected chi connectivity index (χ1v) is 10.4. The second kappa shape index (κ2) is 12.9. The van der Waals surface area contributed by atoms with Crippen molar-refractivity contribution in [2.45, 2.75) is 45.4 Å². The van der Waals surface area contributed by atoms with Crippen LogP contribution in [0.4, 0.5) is 4.79 Å². The van der Waals surface area contributed by atoms with Crippen molar-refractivity contribution in [3.63, 3.8) is 0 Å². The highest BCUT2D eigenvalue weighted by molar-refractivity contribution is 6.00. The summed E-state index contributed by atoms with van der Waals surface area (Å²) in [6.07, 6.45) is -1.00. The predicted molar refractivity (Wildman–Crippen MR) is 118 cm³/mol. The molecule has 0 saturated heterocycles. The number of carbonyl (C=O) groups is 4. The van der Waals surface area contributed by atoms with Crippen LogP contribution in [-0.4, -0.2) is 42.4 Å². The van der Waals surface area contributed by atoms with Gasteiger partial charge in [-0.3, -0.25) is 14.4 Å². The van der Waals surface area contributed by atoms with Gasteiger partial charge in [0.15, 0.2) is 5.78 Å². The highest BCUT2D eigenvalue weighted by Crippen LogP contribution is 2.07. The fraction of sp³-hybridized carbons (Fsp3) is 0.333. The maximum atomic E-state index is 12.6. The van der Waals surface area contributed by atoms with E-state index in [2.05, 4.69) is 10.6 Å². The van der Waals surface area contributed by atoms with E-state index in [9.17, 15) is 19.2 Å². The van der Waals surface area contributed by atoms with E-state index >= 15 is 0 Å². The quantitative estimate of drug-likeness (QED) is 0.410. The number of esters is 1. The fourth-order valence-electron chi connectivity index (χ4n) is 2.88. The van der Waals surface area contributed by atoms with Crippen molar-refractivity contribution in [1.82, 2.24) is 10.6 Å². The SMILES string of the molecule is CCOC(=O)CC(=O)C(Cc1ccccc1)NC(=O)[C@H](C)NC(=O)OCc1ccccc1. The van der Waals surface area contributed by atoms with Crippen molar-refractivity contribution in [1.29, 1.82) is 0 Å². The molecule has 8 nitrogen and oxygen atoms in total. The molecular formula is C24H28N2O6. The molecule has 0 spiro atoms. The van der Waals surface area contributed by atoms with Crippen molar-refractivity contribution < 1.29 is 28.7 Å². The number of rotatable bonds is 11. The Labute approximate surface area is 187 Å². The number of Topliss-reactive ketones (excluding diaryl/α,β-unsaturated/α-hetero) is 1. The van der Waals surface area contributed by atoms with Crippen molar-refractivity contribution in [3.8, 4) is 0 Å². The van der Waals surface area contributed by atoms with Crippen LogP contribution < -0.4 is 10.6 Å². The normalized spacial score (nSPS) is 12.2. The molecule has 0 radical (unpaired) electrons. The molecule has 32 heavy (non-hydrogen) atoms. The summed E-state index contributed by atoms with van der Waals surface area (Å²) in [7, 11) is 0. The number of hydrogen-bond acceptors (Lipinski definition) is 6. The Morgan fingerprint density at radius 3 is 2.03 bits per heavy atom. The standard InChI is InChI=1S/C24H28N2O6/c1-3-31-22(28)15-21(27)20(14-18-10-6-4-7-11-18)26-23(29)17(2)25-24(30)32-16-19-12-8-5-9-13-19/h4-13,17,20H,3,14-16H2,1-2H3,(H,25,30)(H,26,29)/t17-,20?/m0/s1. The lowest BCUT2D eigenvalue weighted by Crippen LogP contribution is -2.51. The lowest BCUT2D eigenvalue weighted by Gasteiger charge is -2.21. The Morgan fingerprint density at radius 1 is 0.844 bits per heavy atom. The van der Waals surface area contributed by atoms with Gasteiger partial charge in [0.05, 0.1) is 12.6 Å². The molecule has 0 aromatic heterocycles. The van der Waals surface area contributed by atoms with Crippen LogP contribution in [0.5, 0.6) is 0 Å². The van der Waals surface area contributed by atoms with E-state index in [0.717, 1.165) is 11.1 Å². The maximum Gasteiger partial charge on any atom is 0.408 e. The summed E-state index contributed by atoms with van der Waals surface area (Å²) in [4.78, 5) is 49.0. The molecule has 0 saturated carbocycles. The lowest BCUT2D eigenvalue weighted by molar-refractivity contribution is -0.146.